The fourth-order valence-corrected chi connectivity index (χ4v) is 8.29. The third-order valence-electron chi connectivity index (χ3n) is 11.9. The van der Waals surface area contributed by atoms with Gasteiger partial charge < -0.3 is 69.7 Å². The zero-order valence-electron chi connectivity index (χ0n) is 43.4. The number of unbranched alkanes of at least 4 members (excludes halogenated alkanes) is 15. The molecule has 3 fully saturated rings. The predicted molar refractivity (Wildman–Crippen MR) is 278 cm³/mol. The Labute approximate surface area is 413 Å². The van der Waals surface area contributed by atoms with Crippen LogP contribution in [0, 0.1) is 21.7 Å². The molecule has 0 saturated carbocycles. The van der Waals surface area contributed by atoms with Gasteiger partial charge in [-0.25, -0.2) is 0 Å². The maximum Gasteiger partial charge on any atom is 0.332 e. The molecule has 0 unspecified atom stereocenters. The summed E-state index contributed by atoms with van der Waals surface area (Å²) in [6.07, 6.45) is 25.9. The number of thioether (sulfide) groups is 2. The van der Waals surface area contributed by atoms with Gasteiger partial charge in [0, 0.05) is 27.8 Å². The number of hydrogen-bond acceptors (Lipinski definition) is 16. The van der Waals surface area contributed by atoms with E-state index < -0.39 is 30.6 Å². The van der Waals surface area contributed by atoms with Gasteiger partial charge in [0.05, 0.1) is 84.7 Å². The van der Waals surface area contributed by atoms with Gasteiger partial charge in [-0.05, 0) is 44.1 Å². The summed E-state index contributed by atoms with van der Waals surface area (Å²) in [4.78, 5) is 0. The first-order valence-electron chi connectivity index (χ1n) is 25.2. The van der Waals surface area contributed by atoms with Gasteiger partial charge in [0.2, 0.25) is 0 Å². The molecule has 3 aliphatic rings. The molecule has 17 heteroatoms. The largest absolute Gasteiger partial charge is 0.396 e. The summed E-state index contributed by atoms with van der Waals surface area (Å²) in [6.45, 7) is 16.7. The van der Waals surface area contributed by atoms with Crippen LogP contribution in [0.3, 0.4) is 0 Å². The van der Waals surface area contributed by atoms with Gasteiger partial charge in [0.15, 0.2) is 5.79 Å². The molecule has 3 heterocycles. The van der Waals surface area contributed by atoms with Crippen LogP contribution in [0.2, 0.25) is 0 Å². The van der Waals surface area contributed by atoms with Crippen molar-refractivity contribution in [3.8, 4) is 0 Å². The molecule has 0 amide bonds. The predicted octanol–water partition coefficient (Wildman–Crippen LogP) is 8.21. The summed E-state index contributed by atoms with van der Waals surface area (Å²) in [7, 11) is -1.05. The van der Waals surface area contributed by atoms with Crippen molar-refractivity contribution in [2.45, 2.75) is 190 Å². The van der Waals surface area contributed by atoms with E-state index in [2.05, 4.69) is 20.8 Å². The Bertz CT molecular complexity index is 888. The highest BCUT2D eigenvalue weighted by atomic mass is 32.2. The SMILES string of the molecule is CC(CO)(CO)CO.CCC(CO)(CO)CO.CCCCC(C)(C)C(C)(O)O.CCCCCCCCCCCCSCCO.CCCCCCCCSCCO.OCC12COP(OC1)OC2. The van der Waals surface area contributed by atoms with Crippen LogP contribution in [0.1, 0.15) is 184 Å². The number of hydrogen-bond donors (Lipinski definition) is 11. The Morgan fingerprint density at radius 1 is 0.455 bits per heavy atom. The first-order chi connectivity index (χ1) is 31.4. The second-order valence-electron chi connectivity index (χ2n) is 18.9. The minimum absolute atomic E-state index is 0.0795. The molecular weight excluding hydrogens is 908 g/mol. The highest BCUT2D eigenvalue weighted by molar-refractivity contribution is 7.99. The van der Waals surface area contributed by atoms with Crippen molar-refractivity contribution in [2.75, 3.05) is 102 Å². The van der Waals surface area contributed by atoms with Gasteiger partial charge in [-0.2, -0.15) is 23.5 Å². The maximum atomic E-state index is 9.33. The highest BCUT2D eigenvalue weighted by Gasteiger charge is 2.44. The zero-order valence-corrected chi connectivity index (χ0v) is 45.9. The van der Waals surface area contributed by atoms with Crippen LogP contribution >= 0.6 is 32.1 Å². The second-order valence-corrected chi connectivity index (χ2v) is 22.6. The molecule has 0 aromatic carbocycles. The lowest BCUT2D eigenvalue weighted by molar-refractivity contribution is -0.221. The van der Waals surface area contributed by atoms with E-state index in [1.807, 2.05) is 44.3 Å². The van der Waals surface area contributed by atoms with Gasteiger partial charge in [-0.3, -0.25) is 0 Å². The fourth-order valence-electron chi connectivity index (χ4n) is 5.44. The van der Waals surface area contributed by atoms with Gasteiger partial charge in [0.1, 0.15) is 0 Å². The van der Waals surface area contributed by atoms with Crippen LogP contribution in [-0.2, 0) is 13.6 Å². The van der Waals surface area contributed by atoms with Crippen molar-refractivity contribution in [3.05, 3.63) is 0 Å². The molecule has 0 radical (unpaired) electrons. The second kappa shape index (κ2) is 49.2. The molecule has 0 aromatic rings. The molecule has 0 atom stereocenters. The normalized spacial score (nSPS) is 16.9. The summed E-state index contributed by atoms with van der Waals surface area (Å²) in [5.74, 6) is 2.73. The van der Waals surface area contributed by atoms with E-state index in [4.69, 9.17) is 59.5 Å². The van der Waals surface area contributed by atoms with Gasteiger partial charge in [-0.15, -0.1) is 0 Å². The summed E-state index contributed by atoms with van der Waals surface area (Å²) in [5, 5.41) is 96.1. The lowest BCUT2D eigenvalue weighted by atomic mass is 9.80. The van der Waals surface area contributed by atoms with Crippen molar-refractivity contribution in [1.29, 1.82) is 0 Å². The number of aliphatic hydroxyl groups excluding tert-OH is 9. The zero-order chi connectivity index (χ0) is 51.1. The van der Waals surface area contributed by atoms with Crippen LogP contribution in [0.25, 0.3) is 0 Å². The van der Waals surface area contributed by atoms with Crippen LogP contribution in [0.4, 0.5) is 0 Å². The Balaban J connectivity index is -0.000000354. The Morgan fingerprint density at radius 3 is 1.00 bits per heavy atom. The third kappa shape index (κ3) is 42.3. The quantitative estimate of drug-likeness (QED) is 0.0165. The molecule has 404 valence electrons. The summed E-state index contributed by atoms with van der Waals surface area (Å²) in [5.41, 5.74) is -2.04. The Morgan fingerprint density at radius 2 is 0.788 bits per heavy atom. The summed E-state index contributed by atoms with van der Waals surface area (Å²) >= 11 is 3.75. The monoisotopic (exact) mass is 1010 g/mol. The van der Waals surface area contributed by atoms with Gasteiger partial charge in [-0.1, -0.05) is 151 Å². The van der Waals surface area contributed by atoms with Crippen molar-refractivity contribution in [1.82, 2.24) is 0 Å². The molecule has 14 nitrogen and oxygen atoms in total. The van der Waals surface area contributed by atoms with Crippen LogP contribution in [-0.4, -0.2) is 164 Å². The van der Waals surface area contributed by atoms with E-state index in [9.17, 15) is 10.2 Å². The van der Waals surface area contributed by atoms with Crippen molar-refractivity contribution in [2.24, 2.45) is 21.7 Å². The molecule has 3 aliphatic heterocycles. The van der Waals surface area contributed by atoms with Crippen LogP contribution in [0.5, 0.6) is 0 Å². The minimum Gasteiger partial charge on any atom is -0.396 e. The van der Waals surface area contributed by atoms with E-state index >= 15 is 0 Å². The minimum atomic E-state index is -1.55. The molecule has 0 spiro atoms. The molecular formula is C49H107O14PS2. The number of aliphatic hydroxyl groups is 11. The molecule has 2 bridgehead atoms. The molecule has 3 rings (SSSR count). The standard InChI is InChI=1S/C14H30OS.C10H22OS.C9H20O2.C6H14O3.C5H9O4P.C5H12O3/c1-2-3-4-5-6-7-8-9-10-11-13-16-14-12-15;1-2-3-4-5-6-7-9-12-10-8-11;1-5-6-7-8(2,3)9(4,10)11;1-2-6(3-7,4-8)5-9;6-1-5-2-7-10(8-3-5)9-4-5;1-5(2-6,3-7)4-8/h15H,2-14H2,1H3;11H,2-10H2,1H3;10-11H,5-7H2,1-4H3;7-9H,2-5H2,1H3;6H,1-4H2;6-8H,2-4H2,1H3. The third-order valence-corrected chi connectivity index (χ3v) is 15.0. The smallest absolute Gasteiger partial charge is 0.332 e. The highest BCUT2D eigenvalue weighted by Crippen LogP contribution is 2.52. The molecule has 66 heavy (non-hydrogen) atoms. The average Bonchev–Trinajstić information content (AvgIpc) is 3.34. The van der Waals surface area contributed by atoms with E-state index in [1.54, 1.807) is 6.92 Å². The lowest BCUT2D eigenvalue weighted by Crippen LogP contribution is -2.46. The first kappa shape index (κ1) is 73.1. The lowest BCUT2D eigenvalue weighted by Gasteiger charge is -2.42. The maximum absolute atomic E-state index is 9.33. The Kier molecular flexibility index (Phi) is 54.5. The summed E-state index contributed by atoms with van der Waals surface area (Å²) in [6, 6.07) is 0. The topological polar surface area (TPSA) is 250 Å². The van der Waals surface area contributed by atoms with E-state index in [0.29, 0.717) is 39.5 Å². The summed E-state index contributed by atoms with van der Waals surface area (Å²) < 4.78 is 15.4. The van der Waals surface area contributed by atoms with E-state index in [0.717, 1.165) is 30.8 Å². The van der Waals surface area contributed by atoms with Crippen LogP contribution in [0.15, 0.2) is 0 Å². The first-order valence-corrected chi connectivity index (χ1v) is 28.6. The molecule has 0 aliphatic carbocycles. The van der Waals surface area contributed by atoms with Crippen molar-refractivity contribution in [3.63, 3.8) is 0 Å². The van der Waals surface area contributed by atoms with Gasteiger partial charge >= 0.3 is 8.60 Å². The van der Waals surface area contributed by atoms with Crippen LogP contribution < -0.4 is 0 Å². The molecule has 11 N–H and O–H groups in total. The number of fused-ring (bicyclic) bond motifs is 3. The van der Waals surface area contributed by atoms with Crippen molar-refractivity contribution < 1.29 is 69.7 Å². The van der Waals surface area contributed by atoms with Gasteiger partial charge in [0.25, 0.3) is 0 Å². The number of rotatable bonds is 34. The Hall–Kier alpha value is 0.570. The molecule has 0 aromatic heterocycles. The average molecular weight is 1020 g/mol. The molecule has 3 saturated heterocycles. The van der Waals surface area contributed by atoms with Crippen molar-refractivity contribution >= 4 is 32.1 Å². The van der Waals surface area contributed by atoms with E-state index in [-0.39, 0.29) is 51.7 Å². The fraction of sp³-hybridized carbons (Fsp3) is 1.00. The van der Waals surface area contributed by atoms with E-state index in [1.165, 1.54) is 121 Å².